The molecule has 0 saturated heterocycles. The molecule has 0 heterocycles. The van der Waals surface area contributed by atoms with Gasteiger partial charge in [-0.15, -0.1) is 0 Å². The largest absolute Gasteiger partial charge is 0.327 e. The summed E-state index contributed by atoms with van der Waals surface area (Å²) in [7, 11) is 0. The summed E-state index contributed by atoms with van der Waals surface area (Å²) < 4.78 is 0. The van der Waals surface area contributed by atoms with E-state index >= 15 is 0 Å². The smallest absolute Gasteiger partial charge is 0.0250 e. The molecule has 0 amide bonds. The Kier molecular flexibility index (Phi) is 3.76. The van der Waals surface area contributed by atoms with Crippen LogP contribution in [0.4, 0.5) is 0 Å². The van der Waals surface area contributed by atoms with Crippen LogP contribution in [0.1, 0.15) is 33.1 Å². The van der Waals surface area contributed by atoms with Gasteiger partial charge in [-0.3, -0.25) is 0 Å². The molecule has 0 fully saturated rings. The van der Waals surface area contributed by atoms with Gasteiger partial charge in [-0.05, 0) is 32.7 Å². The molecule has 70 valence electrons. The molecule has 2 nitrogen and oxygen atoms in total. The second-order valence-electron chi connectivity index (χ2n) is 3.59. The van der Waals surface area contributed by atoms with Crippen molar-refractivity contribution in [2.75, 3.05) is 6.54 Å². The highest BCUT2D eigenvalue weighted by molar-refractivity contribution is 5.13. The van der Waals surface area contributed by atoms with E-state index in [2.05, 4.69) is 25.2 Å². The summed E-state index contributed by atoms with van der Waals surface area (Å²) in [5, 5.41) is 3.42. The van der Waals surface area contributed by atoms with Crippen LogP contribution in [0.25, 0.3) is 0 Å². The zero-order valence-electron chi connectivity index (χ0n) is 8.14. The Labute approximate surface area is 75.2 Å². The Morgan fingerprint density at radius 1 is 1.75 bits per heavy atom. The molecule has 0 spiro atoms. The van der Waals surface area contributed by atoms with Crippen LogP contribution in [0, 0.1) is 0 Å². The van der Waals surface area contributed by atoms with Crippen LogP contribution in [0.15, 0.2) is 11.6 Å². The Bertz CT molecular complexity index is 163. The monoisotopic (exact) mass is 168 g/mol. The second kappa shape index (κ2) is 4.63. The minimum atomic E-state index is 0.405. The van der Waals surface area contributed by atoms with E-state index in [0.717, 1.165) is 19.4 Å². The molecule has 1 aliphatic carbocycles. The van der Waals surface area contributed by atoms with Gasteiger partial charge >= 0.3 is 0 Å². The summed E-state index contributed by atoms with van der Waals surface area (Å²) >= 11 is 0. The number of hydrogen-bond acceptors (Lipinski definition) is 2. The Morgan fingerprint density at radius 2 is 2.50 bits per heavy atom. The van der Waals surface area contributed by atoms with Gasteiger partial charge in [0.15, 0.2) is 0 Å². The molecule has 2 heteroatoms. The normalized spacial score (nSPS) is 26.6. The van der Waals surface area contributed by atoms with Crippen molar-refractivity contribution in [3.05, 3.63) is 11.6 Å². The second-order valence-corrected chi connectivity index (χ2v) is 3.59. The predicted octanol–water partition coefficient (Wildman–Crippen LogP) is 1.42. The summed E-state index contributed by atoms with van der Waals surface area (Å²) in [5.74, 6) is 0. The first-order valence-electron chi connectivity index (χ1n) is 4.92. The Balaban J connectivity index is 2.41. The molecule has 0 aliphatic heterocycles. The third-order valence-electron chi connectivity index (χ3n) is 2.55. The van der Waals surface area contributed by atoms with E-state index in [0.29, 0.717) is 12.1 Å². The molecule has 1 aliphatic rings. The van der Waals surface area contributed by atoms with Gasteiger partial charge in [-0.1, -0.05) is 18.6 Å². The van der Waals surface area contributed by atoms with E-state index in [1.165, 1.54) is 6.42 Å². The van der Waals surface area contributed by atoms with Gasteiger partial charge in [-0.25, -0.2) is 0 Å². The summed E-state index contributed by atoms with van der Waals surface area (Å²) in [5.41, 5.74) is 7.35. The molecule has 0 aromatic carbocycles. The topological polar surface area (TPSA) is 38.0 Å². The Hall–Kier alpha value is -0.340. The van der Waals surface area contributed by atoms with Crippen LogP contribution in [0.3, 0.4) is 0 Å². The highest BCUT2D eigenvalue weighted by atomic mass is 14.9. The zero-order valence-corrected chi connectivity index (χ0v) is 8.14. The molecule has 0 saturated carbocycles. The van der Waals surface area contributed by atoms with Gasteiger partial charge in [0.1, 0.15) is 0 Å². The maximum Gasteiger partial charge on any atom is 0.0250 e. The average Bonchev–Trinajstić information content (AvgIpc) is 2.06. The minimum absolute atomic E-state index is 0.405. The van der Waals surface area contributed by atoms with E-state index < -0.39 is 0 Å². The van der Waals surface area contributed by atoms with Gasteiger partial charge in [0, 0.05) is 12.1 Å². The van der Waals surface area contributed by atoms with E-state index in [1.54, 1.807) is 5.57 Å². The fourth-order valence-corrected chi connectivity index (χ4v) is 1.71. The number of hydrogen-bond donors (Lipinski definition) is 2. The number of rotatable bonds is 3. The van der Waals surface area contributed by atoms with Crippen molar-refractivity contribution in [2.24, 2.45) is 5.73 Å². The average molecular weight is 168 g/mol. The molecule has 0 bridgehead atoms. The van der Waals surface area contributed by atoms with Crippen molar-refractivity contribution in [1.29, 1.82) is 0 Å². The van der Waals surface area contributed by atoms with Gasteiger partial charge in [0.2, 0.25) is 0 Å². The van der Waals surface area contributed by atoms with Crippen molar-refractivity contribution in [2.45, 2.75) is 45.2 Å². The van der Waals surface area contributed by atoms with Gasteiger partial charge in [0.25, 0.3) is 0 Å². The summed E-state index contributed by atoms with van der Waals surface area (Å²) in [6.07, 6.45) is 5.70. The molecular weight excluding hydrogens is 148 g/mol. The minimum Gasteiger partial charge on any atom is -0.327 e. The molecular formula is C10H20N2. The maximum absolute atomic E-state index is 5.81. The SMILES string of the molecule is CCNC(C)C1=CCC(N)CC1. The number of nitrogens with one attached hydrogen (secondary N) is 1. The third-order valence-corrected chi connectivity index (χ3v) is 2.55. The van der Waals surface area contributed by atoms with Crippen molar-refractivity contribution in [1.82, 2.24) is 5.32 Å². The Morgan fingerprint density at radius 3 is 3.00 bits per heavy atom. The van der Waals surface area contributed by atoms with E-state index in [-0.39, 0.29) is 0 Å². The first-order chi connectivity index (χ1) is 5.74. The molecule has 2 unspecified atom stereocenters. The fraction of sp³-hybridized carbons (Fsp3) is 0.800. The van der Waals surface area contributed by atoms with Crippen molar-refractivity contribution in [3.8, 4) is 0 Å². The van der Waals surface area contributed by atoms with Crippen molar-refractivity contribution in [3.63, 3.8) is 0 Å². The van der Waals surface area contributed by atoms with E-state index in [4.69, 9.17) is 5.73 Å². The standard InChI is InChI=1S/C10H20N2/c1-3-12-8(2)9-4-6-10(11)7-5-9/h4,8,10,12H,3,5-7,11H2,1-2H3. The van der Waals surface area contributed by atoms with Gasteiger partial charge in [0.05, 0.1) is 0 Å². The lowest BCUT2D eigenvalue weighted by molar-refractivity contribution is 0.534. The third kappa shape index (κ3) is 2.61. The quantitative estimate of drug-likeness (QED) is 0.625. The molecule has 0 aromatic heterocycles. The van der Waals surface area contributed by atoms with Crippen LogP contribution >= 0.6 is 0 Å². The fourth-order valence-electron chi connectivity index (χ4n) is 1.71. The van der Waals surface area contributed by atoms with Crippen molar-refractivity contribution < 1.29 is 0 Å². The molecule has 12 heavy (non-hydrogen) atoms. The summed E-state index contributed by atoms with van der Waals surface area (Å²) in [4.78, 5) is 0. The lowest BCUT2D eigenvalue weighted by Crippen LogP contribution is -2.31. The highest BCUT2D eigenvalue weighted by Gasteiger charge is 2.13. The lowest BCUT2D eigenvalue weighted by Gasteiger charge is -2.23. The van der Waals surface area contributed by atoms with Crippen molar-refractivity contribution >= 4 is 0 Å². The molecule has 2 atom stereocenters. The van der Waals surface area contributed by atoms with Crippen LogP contribution < -0.4 is 11.1 Å². The summed E-state index contributed by atoms with van der Waals surface area (Å²) in [6, 6.07) is 0.949. The van der Waals surface area contributed by atoms with Crippen LogP contribution in [0.2, 0.25) is 0 Å². The summed E-state index contributed by atoms with van der Waals surface area (Å²) in [6.45, 7) is 5.42. The lowest BCUT2D eigenvalue weighted by atomic mass is 9.92. The first kappa shape index (κ1) is 9.75. The van der Waals surface area contributed by atoms with Crippen LogP contribution in [-0.4, -0.2) is 18.6 Å². The molecule has 0 aromatic rings. The number of likely N-dealkylation sites (N-methyl/N-ethyl adjacent to an activating group) is 1. The molecule has 0 radical (unpaired) electrons. The molecule has 1 rings (SSSR count). The first-order valence-corrected chi connectivity index (χ1v) is 4.92. The number of nitrogens with two attached hydrogens (primary N) is 1. The van der Waals surface area contributed by atoms with E-state index in [1.807, 2.05) is 0 Å². The zero-order chi connectivity index (χ0) is 8.97. The van der Waals surface area contributed by atoms with Crippen LogP contribution in [0.5, 0.6) is 0 Å². The predicted molar refractivity (Wildman–Crippen MR) is 53.0 cm³/mol. The van der Waals surface area contributed by atoms with E-state index in [9.17, 15) is 0 Å². The van der Waals surface area contributed by atoms with Gasteiger partial charge < -0.3 is 11.1 Å². The highest BCUT2D eigenvalue weighted by Crippen LogP contribution is 2.19. The van der Waals surface area contributed by atoms with Gasteiger partial charge in [-0.2, -0.15) is 0 Å². The maximum atomic E-state index is 5.81. The molecule has 3 N–H and O–H groups in total. The van der Waals surface area contributed by atoms with Crippen LogP contribution in [-0.2, 0) is 0 Å².